The van der Waals surface area contributed by atoms with E-state index in [1.807, 2.05) is 19.9 Å². The van der Waals surface area contributed by atoms with Crippen molar-refractivity contribution in [3.8, 4) is 0 Å². The zero-order valence-electron chi connectivity index (χ0n) is 11.2. The van der Waals surface area contributed by atoms with Crippen LogP contribution in [0.2, 0.25) is 0 Å². The van der Waals surface area contributed by atoms with Crippen molar-refractivity contribution in [1.29, 1.82) is 0 Å². The van der Waals surface area contributed by atoms with Gasteiger partial charge in [-0.05, 0) is 33.3 Å². The molecule has 100 valence electrons. The van der Waals surface area contributed by atoms with Gasteiger partial charge in [0.1, 0.15) is 0 Å². The van der Waals surface area contributed by atoms with Crippen LogP contribution in [-0.2, 0) is 11.3 Å². The van der Waals surface area contributed by atoms with Crippen LogP contribution in [0.1, 0.15) is 35.1 Å². The number of halogens is 1. The van der Waals surface area contributed by atoms with Gasteiger partial charge in [-0.25, -0.2) is 0 Å². The van der Waals surface area contributed by atoms with Gasteiger partial charge in [0.15, 0.2) is 5.78 Å². The lowest BCUT2D eigenvalue weighted by Gasteiger charge is -2.18. The fraction of sp³-hybridized carbons (Fsp3) is 0.643. The molecular weight excluding hydrogens is 250 g/mol. The lowest BCUT2D eigenvalue weighted by Crippen LogP contribution is -2.19. The lowest BCUT2D eigenvalue weighted by atomic mass is 10.0. The number of Topliss-reactive ketones (excluding diaryl/α,β-unsaturated/α-hetero) is 1. The highest BCUT2D eigenvalue weighted by Gasteiger charge is 2.26. The fourth-order valence-corrected chi connectivity index (χ4v) is 2.83. The van der Waals surface area contributed by atoms with E-state index >= 15 is 0 Å². The molecule has 1 aliphatic heterocycles. The highest BCUT2D eigenvalue weighted by molar-refractivity contribution is 6.30. The molecular formula is C14H20ClNO2. The maximum absolute atomic E-state index is 11.7. The molecule has 0 aromatic carbocycles. The monoisotopic (exact) mass is 269 g/mol. The van der Waals surface area contributed by atoms with E-state index in [2.05, 4.69) is 11.5 Å². The Kier molecular flexibility index (Phi) is 4.13. The average molecular weight is 270 g/mol. The Hall–Kier alpha value is -0.800. The first-order valence-electron chi connectivity index (χ1n) is 6.42. The zero-order chi connectivity index (χ0) is 13.3. The second kappa shape index (κ2) is 5.45. The summed E-state index contributed by atoms with van der Waals surface area (Å²) in [5.41, 5.74) is 2.91. The average Bonchev–Trinajstić information content (AvgIpc) is 2.87. The van der Waals surface area contributed by atoms with Crippen molar-refractivity contribution in [3.63, 3.8) is 0 Å². The number of ketones is 1. The normalized spacial score (nSPS) is 23.6. The van der Waals surface area contributed by atoms with Crippen molar-refractivity contribution < 1.29 is 9.53 Å². The summed E-state index contributed by atoms with van der Waals surface area (Å²) in [6, 6.07) is 1.94. The number of aryl methyl sites for hydroxylation is 1. The molecule has 2 atom stereocenters. The van der Waals surface area contributed by atoms with E-state index < -0.39 is 0 Å². The molecule has 0 saturated carbocycles. The third-order valence-corrected chi connectivity index (χ3v) is 4.19. The number of alkyl halides is 1. The van der Waals surface area contributed by atoms with E-state index in [-0.39, 0.29) is 11.7 Å². The van der Waals surface area contributed by atoms with Crippen LogP contribution in [0.4, 0.5) is 0 Å². The van der Waals surface area contributed by atoms with Gasteiger partial charge in [0.2, 0.25) is 0 Å². The Bertz CT molecular complexity index is 453. The van der Waals surface area contributed by atoms with Gasteiger partial charge in [0.05, 0.1) is 12.0 Å². The van der Waals surface area contributed by atoms with Crippen molar-refractivity contribution in [2.45, 2.75) is 39.8 Å². The lowest BCUT2D eigenvalue weighted by molar-refractivity contribution is 0.101. The highest BCUT2D eigenvalue weighted by atomic mass is 35.5. The molecule has 1 fully saturated rings. The molecule has 18 heavy (non-hydrogen) atoms. The number of aromatic nitrogens is 1. The molecule has 2 heterocycles. The number of carbonyl (C=O) groups is 1. The van der Waals surface area contributed by atoms with Crippen LogP contribution in [-0.4, -0.2) is 28.9 Å². The Morgan fingerprint density at radius 3 is 2.83 bits per heavy atom. The van der Waals surface area contributed by atoms with Crippen LogP contribution in [0.25, 0.3) is 0 Å². The molecule has 1 aliphatic rings. The van der Waals surface area contributed by atoms with E-state index in [1.165, 1.54) is 0 Å². The third-order valence-electron chi connectivity index (χ3n) is 3.95. The molecule has 1 saturated heterocycles. The molecule has 2 rings (SSSR count). The van der Waals surface area contributed by atoms with E-state index in [0.717, 1.165) is 36.5 Å². The largest absolute Gasteiger partial charge is 0.378 e. The van der Waals surface area contributed by atoms with Gasteiger partial charge in [-0.2, -0.15) is 0 Å². The van der Waals surface area contributed by atoms with Crippen molar-refractivity contribution in [2.75, 3.05) is 12.5 Å². The van der Waals surface area contributed by atoms with Gasteiger partial charge < -0.3 is 9.30 Å². The maximum atomic E-state index is 11.7. The maximum Gasteiger partial charge on any atom is 0.179 e. The number of rotatable bonds is 4. The summed E-state index contributed by atoms with van der Waals surface area (Å²) in [5.74, 6) is 0.591. The fourth-order valence-electron chi connectivity index (χ4n) is 2.69. The minimum atomic E-state index is 0.00624. The molecule has 0 radical (unpaired) electrons. The van der Waals surface area contributed by atoms with Crippen molar-refractivity contribution in [1.82, 2.24) is 4.57 Å². The number of nitrogens with zero attached hydrogens (tertiary/aromatic N) is 1. The number of hydrogen-bond donors (Lipinski definition) is 0. The second-order valence-corrected chi connectivity index (χ2v) is 5.34. The SMILES string of the molecule is Cc1cc(C(=O)CCl)c(C)n1CC1CCOC1C. The van der Waals surface area contributed by atoms with Crippen LogP contribution in [0.5, 0.6) is 0 Å². The van der Waals surface area contributed by atoms with Crippen LogP contribution in [0.15, 0.2) is 6.07 Å². The quantitative estimate of drug-likeness (QED) is 0.622. The van der Waals surface area contributed by atoms with E-state index in [0.29, 0.717) is 12.0 Å². The van der Waals surface area contributed by atoms with E-state index in [9.17, 15) is 4.79 Å². The van der Waals surface area contributed by atoms with Crippen molar-refractivity contribution in [3.05, 3.63) is 23.0 Å². The predicted molar refractivity (Wildman–Crippen MR) is 72.5 cm³/mol. The number of hydrogen-bond acceptors (Lipinski definition) is 2. The van der Waals surface area contributed by atoms with E-state index in [1.54, 1.807) is 0 Å². The third kappa shape index (κ3) is 2.47. The molecule has 0 aliphatic carbocycles. The van der Waals surface area contributed by atoms with Gasteiger partial charge in [-0.15, -0.1) is 11.6 Å². The summed E-state index contributed by atoms with van der Waals surface area (Å²) in [6.07, 6.45) is 1.40. The molecule has 0 N–H and O–H groups in total. The zero-order valence-corrected chi connectivity index (χ0v) is 12.0. The van der Waals surface area contributed by atoms with Crippen molar-refractivity contribution >= 4 is 17.4 Å². The summed E-state index contributed by atoms with van der Waals surface area (Å²) in [5, 5.41) is 0. The molecule has 0 amide bonds. The summed E-state index contributed by atoms with van der Waals surface area (Å²) in [6.45, 7) is 7.93. The molecule has 4 heteroatoms. The Labute approximate surface area is 113 Å². The molecule has 2 unspecified atom stereocenters. The minimum Gasteiger partial charge on any atom is -0.378 e. The summed E-state index contributed by atoms with van der Waals surface area (Å²) in [4.78, 5) is 11.7. The minimum absolute atomic E-state index is 0.00624. The standard InChI is InChI=1S/C14H20ClNO2/c1-9-6-13(14(17)7-15)10(2)16(9)8-12-4-5-18-11(12)3/h6,11-12H,4-5,7-8H2,1-3H3. The van der Waals surface area contributed by atoms with Crippen LogP contribution >= 0.6 is 11.6 Å². The first-order chi connectivity index (χ1) is 8.54. The molecule has 0 spiro atoms. The topological polar surface area (TPSA) is 31.2 Å². The van der Waals surface area contributed by atoms with Gasteiger partial charge in [0, 0.05) is 36.0 Å². The van der Waals surface area contributed by atoms with Gasteiger partial charge in [0.25, 0.3) is 0 Å². The van der Waals surface area contributed by atoms with Gasteiger partial charge >= 0.3 is 0 Å². The second-order valence-electron chi connectivity index (χ2n) is 5.08. The summed E-state index contributed by atoms with van der Waals surface area (Å²) in [7, 11) is 0. The van der Waals surface area contributed by atoms with Gasteiger partial charge in [-0.3, -0.25) is 4.79 Å². The molecule has 1 aromatic rings. The number of carbonyl (C=O) groups excluding carboxylic acids is 1. The Morgan fingerprint density at radius 1 is 1.56 bits per heavy atom. The first kappa shape index (κ1) is 13.6. The Balaban J connectivity index is 2.23. The van der Waals surface area contributed by atoms with Crippen LogP contribution in [0, 0.1) is 19.8 Å². The first-order valence-corrected chi connectivity index (χ1v) is 6.95. The summed E-state index contributed by atoms with van der Waals surface area (Å²) >= 11 is 5.63. The highest BCUT2D eigenvalue weighted by Crippen LogP contribution is 2.25. The summed E-state index contributed by atoms with van der Waals surface area (Å²) < 4.78 is 7.81. The predicted octanol–water partition coefficient (Wildman–Crippen LogP) is 2.95. The van der Waals surface area contributed by atoms with Gasteiger partial charge in [-0.1, -0.05) is 0 Å². The Morgan fingerprint density at radius 2 is 2.28 bits per heavy atom. The van der Waals surface area contributed by atoms with Crippen LogP contribution < -0.4 is 0 Å². The molecule has 3 nitrogen and oxygen atoms in total. The van der Waals surface area contributed by atoms with E-state index in [4.69, 9.17) is 16.3 Å². The van der Waals surface area contributed by atoms with Crippen molar-refractivity contribution in [2.24, 2.45) is 5.92 Å². The van der Waals surface area contributed by atoms with Crippen LogP contribution in [0.3, 0.4) is 0 Å². The molecule has 0 bridgehead atoms. The smallest absolute Gasteiger partial charge is 0.179 e. The number of ether oxygens (including phenoxy) is 1. The molecule has 1 aromatic heterocycles.